The number of aromatic hydroxyl groups is 2. The van der Waals surface area contributed by atoms with Gasteiger partial charge < -0.3 is 79.5 Å². The van der Waals surface area contributed by atoms with Crippen molar-refractivity contribution in [1.82, 2.24) is 0 Å². The van der Waals surface area contributed by atoms with Crippen LogP contribution in [0.5, 0.6) is 11.5 Å². The van der Waals surface area contributed by atoms with Gasteiger partial charge in [0.15, 0.2) is 0 Å². The number of esters is 6. The fourth-order valence-electron chi connectivity index (χ4n) is 11.5. The smallest absolute Gasteiger partial charge is 0.339 e. The Morgan fingerprint density at radius 2 is 0.384 bits per heavy atom. The minimum Gasteiger partial charge on any atom is -0.508 e. The van der Waals surface area contributed by atoms with Gasteiger partial charge in [0, 0.05) is 29.4 Å². The van der Waals surface area contributed by atoms with E-state index in [2.05, 4.69) is 0 Å². The Balaban J connectivity index is 0.000000196. The van der Waals surface area contributed by atoms with Crippen LogP contribution in [0.1, 0.15) is 180 Å². The van der Waals surface area contributed by atoms with Crippen molar-refractivity contribution in [2.75, 3.05) is 0 Å². The van der Waals surface area contributed by atoms with E-state index in [0.717, 1.165) is 57.5 Å². The number of aliphatic hydroxyl groups is 2. The van der Waals surface area contributed by atoms with Gasteiger partial charge in [0.1, 0.15) is 51.1 Å². The van der Waals surface area contributed by atoms with E-state index in [9.17, 15) is 98.4 Å². The number of benzene rings is 12. The second-order valence-electron chi connectivity index (χ2n) is 27.1. The van der Waals surface area contributed by atoms with Gasteiger partial charge in [0.05, 0.1) is 80.0 Å². The molecule has 0 atom stereocenters. The summed E-state index contributed by atoms with van der Waals surface area (Å²) in [7, 11) is 0. The third-order valence-electron chi connectivity index (χ3n) is 18.1. The minimum absolute atomic E-state index is 0.00656. The van der Waals surface area contributed by atoms with Crippen molar-refractivity contribution in [3.8, 4) is 11.5 Å². The molecule has 12 aromatic carbocycles. The molecule has 31 heteroatoms. The summed E-state index contributed by atoms with van der Waals surface area (Å²) in [6.07, 6.45) is 0. The Labute approximate surface area is 724 Å². The molecule has 0 saturated carbocycles. The number of carboxylic acid groups (broad SMARTS) is 6. The van der Waals surface area contributed by atoms with Gasteiger partial charge in [0.2, 0.25) is 0 Å². The first kappa shape index (κ1) is 92.1. The largest absolute Gasteiger partial charge is 0.508 e. The summed E-state index contributed by atoms with van der Waals surface area (Å²) in [6.45, 7) is 3.09. The average Bonchev–Trinajstić information content (AvgIpc) is 0.813. The molecule has 0 aliphatic heterocycles. The summed E-state index contributed by atoms with van der Waals surface area (Å²) in [5, 5.41) is 95.1. The van der Waals surface area contributed by atoms with Crippen LogP contribution in [0.25, 0.3) is 0 Å². The van der Waals surface area contributed by atoms with Crippen LogP contribution in [0.4, 0.5) is 0 Å². The fraction of sp³-hybridized carbons (Fsp3) is 0.106. The van der Waals surface area contributed by atoms with Gasteiger partial charge in [-0.15, -0.1) is 0 Å². The van der Waals surface area contributed by atoms with Gasteiger partial charge in [-0.1, -0.05) is 168 Å². The predicted octanol–water partition coefficient (Wildman–Crippen LogP) is 16.9. The van der Waals surface area contributed by atoms with Gasteiger partial charge in [-0.25, -0.2) is 57.5 Å². The molecule has 125 heavy (non-hydrogen) atoms. The van der Waals surface area contributed by atoms with E-state index in [1.807, 2.05) is 62.4 Å². The number of carbonyl (C=O) groups excluding carboxylic acids is 6. The number of aliphatic hydroxyl groups excluding tert-OH is 2. The Morgan fingerprint density at radius 3 is 0.584 bits per heavy atom. The average molecular weight is 1750 g/mol. The predicted molar refractivity (Wildman–Crippen MR) is 451 cm³/mol. The molecule has 0 aromatic heterocycles. The molecule has 0 aliphatic carbocycles. The lowest BCUT2D eigenvalue weighted by atomic mass is 10.1. The standard InChI is InChI=1S/C32H26O10S.C32H26O8S.C30H22O10S/c33-15-19-1-5-21(6-2-19)17-41-31(39)26-12-10-23(13-27(26)30(37)38)43-24-9-11-25(29(35)36)28(14-24)32(40)42-18-22-7-3-20(16-34)4-8-22;1-19-3-7-21(8-4-19)17-39-31(37)26-14-12-23(15-27(26)30(35)36)41-24-11-13-25(29(33)34)28(16-24)32(38)40-18-22-9-5-20(2)6-10-22;31-19-5-1-17(2-6-19)15-39-29(37)24-12-10-21(13-25(24)28(35)36)41-22-9-11-23(27(33)34)26(14-22)30(38)40-16-18-3-7-20(32)8-4-18/h1-14,33-34H,15-18H2,(H,35,36)(H,37,38);3-16H,17-18H2,1-2H3,(H,33,34)(H,35,36);1-14,31-32H,15-16H2,(H,33,34)(H,35,36). The molecule has 0 radical (unpaired) electrons. The Kier molecular flexibility index (Phi) is 32.4. The molecular formula is C94H74O28S3. The highest BCUT2D eigenvalue weighted by Gasteiger charge is 2.27. The van der Waals surface area contributed by atoms with E-state index in [0.29, 0.717) is 62.8 Å². The van der Waals surface area contributed by atoms with Gasteiger partial charge in [-0.3, -0.25) is 0 Å². The van der Waals surface area contributed by atoms with Gasteiger partial charge in [-0.2, -0.15) is 0 Å². The molecule has 0 spiro atoms. The van der Waals surface area contributed by atoms with Crippen LogP contribution in [-0.2, 0) is 81.3 Å². The molecule has 10 N–H and O–H groups in total. The van der Waals surface area contributed by atoms with Crippen molar-refractivity contribution in [3.63, 3.8) is 0 Å². The first-order chi connectivity index (χ1) is 59.9. The highest BCUT2D eigenvalue weighted by Crippen LogP contribution is 2.36. The summed E-state index contributed by atoms with van der Waals surface area (Å²) >= 11 is 3.22. The zero-order valence-corrected chi connectivity index (χ0v) is 68.4. The van der Waals surface area contributed by atoms with Crippen molar-refractivity contribution in [1.29, 1.82) is 0 Å². The summed E-state index contributed by atoms with van der Waals surface area (Å²) in [5.41, 5.74) is 4.97. The number of rotatable bonds is 32. The number of carbonyl (C=O) groups is 12. The van der Waals surface area contributed by atoms with Gasteiger partial charge in [-0.05, 0) is 192 Å². The fourth-order valence-corrected chi connectivity index (χ4v) is 14.1. The minimum atomic E-state index is -1.36. The zero-order valence-electron chi connectivity index (χ0n) is 66.0. The molecule has 12 aromatic rings. The van der Waals surface area contributed by atoms with Gasteiger partial charge in [0.25, 0.3) is 0 Å². The number of ether oxygens (including phenoxy) is 6. The normalized spacial score (nSPS) is 10.6. The number of aryl methyl sites for hydroxylation is 2. The highest BCUT2D eigenvalue weighted by atomic mass is 32.2. The molecular weight excluding hydrogens is 1670 g/mol. The maximum Gasteiger partial charge on any atom is 0.339 e. The lowest BCUT2D eigenvalue weighted by Gasteiger charge is -2.11. The Hall–Kier alpha value is -15.2. The number of carboxylic acids is 6. The maximum absolute atomic E-state index is 12.9. The molecule has 0 aliphatic rings. The molecule has 0 heterocycles. The summed E-state index contributed by atoms with van der Waals surface area (Å²) < 4.78 is 31.8. The summed E-state index contributed by atoms with van der Waals surface area (Å²) in [6, 6.07) is 65.0. The number of hydrogen-bond donors (Lipinski definition) is 10. The Bertz CT molecular complexity index is 5790. The SMILES string of the molecule is Cc1ccc(COC(=O)c2ccc(Sc3ccc(C(=O)O)c(C(=O)OCc4ccc(C)cc4)c3)cc2C(=O)O)cc1.O=C(O)c1cc(Sc2ccc(C(=O)O)c(C(=O)OCc3ccc(CO)cc3)c2)ccc1C(=O)OCc1ccc(CO)cc1.O=C(O)c1cc(Sc2ccc(C(=O)O)c(C(=O)OCc3ccc(O)cc3)c2)ccc1C(=O)OCc1ccc(O)cc1. The van der Waals surface area contributed by atoms with E-state index in [4.69, 9.17) is 38.6 Å². The van der Waals surface area contributed by atoms with E-state index >= 15 is 0 Å². The van der Waals surface area contributed by atoms with Crippen molar-refractivity contribution in [2.45, 2.75) is 96.1 Å². The van der Waals surface area contributed by atoms with Crippen LogP contribution in [0, 0.1) is 13.8 Å². The van der Waals surface area contributed by atoms with Crippen LogP contribution >= 0.6 is 35.3 Å². The Morgan fingerprint density at radius 1 is 0.216 bits per heavy atom. The van der Waals surface area contributed by atoms with Crippen molar-refractivity contribution >= 4 is 107 Å². The molecule has 0 unspecified atom stereocenters. The quantitative estimate of drug-likeness (QED) is 0.0138. The first-order valence-electron chi connectivity index (χ1n) is 37.2. The van der Waals surface area contributed by atoms with Crippen LogP contribution in [-0.4, -0.2) is 123 Å². The monoisotopic (exact) mass is 1750 g/mol. The second kappa shape index (κ2) is 43.9. The van der Waals surface area contributed by atoms with Crippen molar-refractivity contribution < 1.29 is 137 Å². The lowest BCUT2D eigenvalue weighted by molar-refractivity contribution is 0.0457. The van der Waals surface area contributed by atoms with E-state index in [1.165, 1.54) is 127 Å². The zero-order chi connectivity index (χ0) is 90.0. The number of hydrogen-bond acceptors (Lipinski definition) is 25. The molecule has 0 amide bonds. The van der Waals surface area contributed by atoms with E-state index in [-0.39, 0.29) is 131 Å². The molecule has 0 fully saturated rings. The molecule has 0 saturated heterocycles. The first-order valence-corrected chi connectivity index (χ1v) is 39.7. The second-order valence-corrected chi connectivity index (χ2v) is 30.5. The lowest BCUT2D eigenvalue weighted by Crippen LogP contribution is -2.12. The van der Waals surface area contributed by atoms with Crippen LogP contribution in [0.2, 0.25) is 0 Å². The van der Waals surface area contributed by atoms with E-state index in [1.54, 1.807) is 78.9 Å². The number of aromatic carboxylic acids is 6. The number of phenols is 2. The maximum atomic E-state index is 12.9. The van der Waals surface area contributed by atoms with Crippen molar-refractivity contribution in [2.24, 2.45) is 0 Å². The number of phenolic OH excluding ortho intramolecular Hbond substituents is 2. The summed E-state index contributed by atoms with van der Waals surface area (Å²) in [5.74, 6) is -12.9. The van der Waals surface area contributed by atoms with Gasteiger partial charge >= 0.3 is 71.6 Å². The molecule has 12 rings (SSSR count). The van der Waals surface area contributed by atoms with Crippen LogP contribution in [0.3, 0.4) is 0 Å². The molecule has 28 nitrogen and oxygen atoms in total. The van der Waals surface area contributed by atoms with Crippen LogP contribution in [0.15, 0.2) is 284 Å². The van der Waals surface area contributed by atoms with Crippen LogP contribution < -0.4 is 0 Å². The highest BCUT2D eigenvalue weighted by molar-refractivity contribution is 8.00. The van der Waals surface area contributed by atoms with Crippen molar-refractivity contribution in [3.05, 3.63) is 377 Å². The third kappa shape index (κ3) is 26.4. The third-order valence-corrected chi connectivity index (χ3v) is 21.0. The molecule has 636 valence electrons. The topological polar surface area (TPSA) is 463 Å². The molecule has 0 bridgehead atoms. The van der Waals surface area contributed by atoms with E-state index < -0.39 is 71.6 Å². The summed E-state index contributed by atoms with van der Waals surface area (Å²) in [4.78, 5) is 150.